The van der Waals surface area contributed by atoms with Crippen LogP contribution in [0.3, 0.4) is 0 Å². The number of hydrogen-bond acceptors (Lipinski definition) is 16. The third kappa shape index (κ3) is 8.71. The van der Waals surface area contributed by atoms with E-state index in [-0.39, 0.29) is 72.1 Å². The number of imide groups is 1. The number of hydrogen-bond donors (Lipinski definition) is 6. The average Bonchev–Trinajstić information content (AvgIpc) is 3.00. The zero-order valence-corrected chi connectivity index (χ0v) is 24.8. The summed E-state index contributed by atoms with van der Waals surface area (Å²) in [5, 5.41) is 50.7. The molecule has 18 nitrogen and oxygen atoms in total. The number of urea groups is 1. The predicted molar refractivity (Wildman–Crippen MR) is 96.6 cm³/mol. The van der Waals surface area contributed by atoms with Crippen molar-refractivity contribution >= 4 is 27.6 Å². The summed E-state index contributed by atoms with van der Waals surface area (Å²) in [5.41, 5.74) is 0. The Morgan fingerprint density at radius 1 is 1.00 bits per heavy atom. The summed E-state index contributed by atoms with van der Waals surface area (Å²) in [4.78, 5) is 47.8. The molecular weight excluding hydrogens is 560 g/mol. The summed E-state index contributed by atoms with van der Waals surface area (Å²) in [5.74, 6) is -0.570. The largest absolute Gasteiger partial charge is 1.00 e. The monoisotopic (exact) mass is 582 g/mol. The average molecular weight is 582 g/mol. The number of carbonyl (C=O) groups excluding carboxylic acids is 2. The van der Waals surface area contributed by atoms with Crippen LogP contribution in [0, 0.1) is 0 Å². The van der Waals surface area contributed by atoms with Crippen LogP contribution in [0.25, 0.3) is 0 Å². The van der Waals surface area contributed by atoms with Gasteiger partial charge in [-0.3, -0.25) is 28.7 Å². The van der Waals surface area contributed by atoms with Crippen LogP contribution in [0.5, 0.6) is 0 Å². The second kappa shape index (κ2) is 14.0. The number of aliphatic hydroxyl groups excluding tert-OH is 5. The molecule has 0 radical (unpaired) electrons. The van der Waals surface area contributed by atoms with E-state index in [9.17, 15) is 54.0 Å². The molecule has 196 valence electrons. The van der Waals surface area contributed by atoms with Gasteiger partial charge in [-0.05, 0) is 0 Å². The maximum Gasteiger partial charge on any atom is 1.00 e. The zero-order valence-electron chi connectivity index (χ0n) is 19.0. The molecular formula is C14H22N2Na2O16P2. The summed E-state index contributed by atoms with van der Waals surface area (Å²) in [7, 11) is -11.5. The van der Waals surface area contributed by atoms with Crippen LogP contribution < -0.4 is 74.2 Å². The molecule has 2 unspecified atom stereocenters. The first-order chi connectivity index (χ1) is 15.7. The van der Waals surface area contributed by atoms with Crippen molar-refractivity contribution in [1.29, 1.82) is 0 Å². The smallest absolute Gasteiger partial charge is 0.756 e. The Bertz CT molecular complexity index is 886. The van der Waals surface area contributed by atoms with E-state index in [1.54, 1.807) is 0 Å². The van der Waals surface area contributed by atoms with Crippen LogP contribution in [0.1, 0.15) is 6.42 Å². The van der Waals surface area contributed by atoms with Gasteiger partial charge in [0.05, 0.1) is 13.2 Å². The van der Waals surface area contributed by atoms with Gasteiger partial charge in [0.15, 0.2) is 12.5 Å². The number of nitrogens with one attached hydrogen (secondary N) is 1. The predicted octanol–water partition coefficient (Wildman–Crippen LogP) is -11.2. The molecule has 3 aliphatic heterocycles. The molecule has 0 aliphatic carbocycles. The standard InChI is InChI=1S/C14H24N2O16P2.2Na/c17-5-3-28-13(11(22)8(5)19)31-34(26,27)32-33(24,25)29-4-6-9(20)10(21)12(30-6)16-2-1-7(18)15-14(16)23;;/h5-6,8-13,17,19-22H,1-4H2,(H,24,25)(H,26,27)(H,15,18,23);;/q;2*+1/p-2/t5-,6-,8+,9-,10-,11-,12-,13-;;/m1../s1. The molecule has 10 atom stereocenters. The van der Waals surface area contributed by atoms with E-state index in [0.717, 1.165) is 4.90 Å². The fraction of sp³-hybridized carbons (Fsp3) is 0.857. The van der Waals surface area contributed by atoms with E-state index in [2.05, 4.69) is 18.1 Å². The molecule has 36 heavy (non-hydrogen) atoms. The third-order valence-corrected chi connectivity index (χ3v) is 7.55. The maximum atomic E-state index is 11.9. The van der Waals surface area contributed by atoms with Crippen LogP contribution >= 0.6 is 15.6 Å². The maximum absolute atomic E-state index is 11.9. The van der Waals surface area contributed by atoms with Crippen molar-refractivity contribution in [3.8, 4) is 0 Å². The van der Waals surface area contributed by atoms with Crippen LogP contribution in [0.4, 0.5) is 4.79 Å². The van der Waals surface area contributed by atoms with Crippen molar-refractivity contribution in [2.24, 2.45) is 0 Å². The molecule has 3 saturated heterocycles. The van der Waals surface area contributed by atoms with Crippen LogP contribution in [0.15, 0.2) is 0 Å². The van der Waals surface area contributed by atoms with Gasteiger partial charge in [0, 0.05) is 13.0 Å². The Morgan fingerprint density at radius 2 is 1.64 bits per heavy atom. The van der Waals surface area contributed by atoms with E-state index in [1.165, 1.54) is 0 Å². The molecule has 6 N–H and O–H groups in total. The fourth-order valence-corrected chi connectivity index (χ4v) is 5.37. The van der Waals surface area contributed by atoms with Crippen molar-refractivity contribution in [3.63, 3.8) is 0 Å². The Balaban J connectivity index is 0.00000324. The summed E-state index contributed by atoms with van der Waals surface area (Å²) >= 11 is 0. The van der Waals surface area contributed by atoms with Crippen molar-refractivity contribution in [1.82, 2.24) is 10.2 Å². The van der Waals surface area contributed by atoms with Gasteiger partial charge in [-0.15, -0.1) is 0 Å². The van der Waals surface area contributed by atoms with E-state index in [0.29, 0.717) is 0 Å². The van der Waals surface area contributed by atoms with Crippen LogP contribution in [0.2, 0.25) is 0 Å². The summed E-state index contributed by atoms with van der Waals surface area (Å²) in [6, 6.07) is -0.916. The zero-order chi connectivity index (χ0) is 25.4. The van der Waals surface area contributed by atoms with Crippen molar-refractivity contribution in [2.45, 2.75) is 55.6 Å². The molecule has 3 rings (SSSR count). The van der Waals surface area contributed by atoms with Gasteiger partial charge in [0.1, 0.15) is 36.6 Å². The van der Waals surface area contributed by atoms with E-state index in [4.69, 9.17) is 4.74 Å². The molecule has 0 saturated carbocycles. The van der Waals surface area contributed by atoms with Gasteiger partial charge in [-0.2, -0.15) is 0 Å². The number of aliphatic hydroxyl groups is 5. The number of nitrogens with zero attached hydrogens (tertiary/aromatic N) is 1. The van der Waals surface area contributed by atoms with Crippen molar-refractivity contribution in [2.75, 3.05) is 19.8 Å². The van der Waals surface area contributed by atoms with Crippen molar-refractivity contribution in [3.05, 3.63) is 0 Å². The SMILES string of the molecule is O=C1CCN([C@@H]2O[C@H](COP(=O)([O-])OP(=O)([O-])O[C@H]3OC[C@@H](O)[C@H](O)[C@H]3O)[C@@H](O)[C@H]2O)C(=O)N1.[Na+].[Na+]. The topological polar surface area (TPSA) is 277 Å². The molecule has 0 spiro atoms. The number of carbonyl (C=O) groups is 2. The normalized spacial score (nSPS) is 38.2. The molecule has 3 amide bonds. The first kappa shape index (κ1) is 34.9. The number of rotatable bonds is 8. The van der Waals surface area contributed by atoms with Gasteiger partial charge >= 0.3 is 65.1 Å². The minimum Gasteiger partial charge on any atom is -0.756 e. The van der Waals surface area contributed by atoms with Crippen molar-refractivity contribution < 1.29 is 136 Å². The Morgan fingerprint density at radius 3 is 2.25 bits per heavy atom. The van der Waals surface area contributed by atoms with Gasteiger partial charge in [-0.1, -0.05) is 0 Å². The molecule has 3 aliphatic rings. The third-order valence-electron chi connectivity index (χ3n) is 5.02. The first-order valence-electron chi connectivity index (χ1n) is 9.65. The molecule has 3 fully saturated rings. The summed E-state index contributed by atoms with van der Waals surface area (Å²) < 4.78 is 46.2. The van der Waals surface area contributed by atoms with Crippen LogP contribution in [-0.2, 0) is 36.8 Å². The Hall–Kier alpha value is 0.920. The molecule has 0 aromatic carbocycles. The number of ether oxygens (including phenoxy) is 2. The van der Waals surface area contributed by atoms with Gasteiger partial charge in [-0.25, -0.2) is 9.11 Å². The summed E-state index contributed by atoms with van der Waals surface area (Å²) in [6.07, 6.45) is -14.2. The fourth-order valence-electron chi connectivity index (χ4n) is 3.27. The number of phosphoric acid groups is 2. The molecule has 0 aromatic heterocycles. The van der Waals surface area contributed by atoms with E-state index in [1.807, 2.05) is 5.32 Å². The molecule has 0 aromatic rings. The summed E-state index contributed by atoms with van der Waals surface area (Å²) in [6.45, 7) is -1.86. The first-order valence-corrected chi connectivity index (χ1v) is 12.6. The van der Waals surface area contributed by atoms with E-state index < -0.39 is 89.9 Å². The molecule has 3 heterocycles. The quantitative estimate of drug-likeness (QED) is 0.114. The minimum atomic E-state index is -5.78. The molecule has 22 heteroatoms. The Labute approximate surface area is 247 Å². The second-order valence-electron chi connectivity index (χ2n) is 7.47. The number of amides is 3. The van der Waals surface area contributed by atoms with Gasteiger partial charge in [0.2, 0.25) is 5.91 Å². The molecule has 0 bridgehead atoms. The van der Waals surface area contributed by atoms with E-state index >= 15 is 0 Å². The van der Waals surface area contributed by atoms with Gasteiger partial charge < -0.3 is 49.3 Å². The number of phosphoric ester groups is 2. The van der Waals surface area contributed by atoms with Crippen LogP contribution in [-0.4, -0.2) is 111 Å². The minimum absolute atomic E-state index is 0. The second-order valence-corrected chi connectivity index (χ2v) is 10.4. The Kier molecular flexibility index (Phi) is 13.6. The van der Waals surface area contributed by atoms with Gasteiger partial charge in [0.25, 0.3) is 15.6 Å².